The lowest BCUT2D eigenvalue weighted by molar-refractivity contribution is 0.631. The molecule has 4 rings (SSSR count). The van der Waals surface area contributed by atoms with E-state index < -0.39 is 5.82 Å². The maximum atomic E-state index is 14.0. The molecule has 4 aromatic rings. The zero-order chi connectivity index (χ0) is 18.6. The minimum atomic E-state index is -0.421. The Morgan fingerprint density at radius 2 is 1.67 bits per heavy atom. The number of para-hydroxylation sites is 1. The fourth-order valence-electron chi connectivity index (χ4n) is 2.76. The van der Waals surface area contributed by atoms with Crippen molar-refractivity contribution in [2.45, 2.75) is 6.54 Å². The van der Waals surface area contributed by atoms with Crippen LogP contribution in [0.15, 0.2) is 72.8 Å². The fraction of sp³-hybridized carbons (Fsp3) is 0.0476. The van der Waals surface area contributed by atoms with E-state index in [-0.39, 0.29) is 5.69 Å². The molecule has 4 nitrogen and oxygen atoms in total. The van der Waals surface area contributed by atoms with Crippen molar-refractivity contribution in [3.8, 4) is 0 Å². The summed E-state index contributed by atoms with van der Waals surface area (Å²) in [6.45, 7) is 0.618. The molecule has 27 heavy (non-hydrogen) atoms. The van der Waals surface area contributed by atoms with Gasteiger partial charge in [0.1, 0.15) is 11.6 Å². The molecule has 0 aliphatic rings. The number of aromatic nitrogens is 2. The SMILES string of the molecule is Fc1ccc(Cl)cc1Nc1nc(NCc2ccccc2)c2ccccc2n1. The van der Waals surface area contributed by atoms with Crippen LogP contribution in [0.4, 0.5) is 21.8 Å². The quantitative estimate of drug-likeness (QED) is 0.462. The summed E-state index contributed by atoms with van der Waals surface area (Å²) in [7, 11) is 0. The monoisotopic (exact) mass is 378 g/mol. The normalized spacial score (nSPS) is 10.7. The largest absolute Gasteiger partial charge is 0.365 e. The molecule has 0 radical (unpaired) electrons. The van der Waals surface area contributed by atoms with Crippen molar-refractivity contribution >= 4 is 40.0 Å². The van der Waals surface area contributed by atoms with Crippen LogP contribution in [0.2, 0.25) is 5.02 Å². The molecule has 0 bridgehead atoms. The van der Waals surface area contributed by atoms with Gasteiger partial charge in [-0.15, -0.1) is 0 Å². The molecule has 0 aliphatic heterocycles. The second-order valence-corrected chi connectivity index (χ2v) is 6.44. The summed E-state index contributed by atoms with van der Waals surface area (Å²) in [6, 6.07) is 22.0. The average molecular weight is 379 g/mol. The maximum absolute atomic E-state index is 14.0. The van der Waals surface area contributed by atoms with E-state index >= 15 is 0 Å². The average Bonchev–Trinajstić information content (AvgIpc) is 2.70. The molecular weight excluding hydrogens is 363 g/mol. The van der Waals surface area contributed by atoms with Crippen molar-refractivity contribution < 1.29 is 4.39 Å². The van der Waals surface area contributed by atoms with Crippen molar-refractivity contribution in [1.82, 2.24) is 9.97 Å². The fourth-order valence-corrected chi connectivity index (χ4v) is 2.93. The van der Waals surface area contributed by atoms with Gasteiger partial charge in [-0.2, -0.15) is 4.98 Å². The number of benzene rings is 3. The van der Waals surface area contributed by atoms with Crippen LogP contribution in [0.3, 0.4) is 0 Å². The van der Waals surface area contributed by atoms with Gasteiger partial charge in [-0.25, -0.2) is 9.37 Å². The van der Waals surface area contributed by atoms with E-state index in [2.05, 4.69) is 20.6 Å². The molecule has 0 atom stereocenters. The molecule has 6 heteroatoms. The summed E-state index contributed by atoms with van der Waals surface area (Å²) in [6.07, 6.45) is 0. The number of anilines is 3. The predicted molar refractivity (Wildman–Crippen MR) is 108 cm³/mol. The van der Waals surface area contributed by atoms with Gasteiger partial charge in [-0.3, -0.25) is 0 Å². The minimum Gasteiger partial charge on any atom is -0.365 e. The van der Waals surface area contributed by atoms with Crippen LogP contribution in [0.1, 0.15) is 5.56 Å². The summed E-state index contributed by atoms with van der Waals surface area (Å²) in [5, 5.41) is 7.59. The van der Waals surface area contributed by atoms with E-state index in [4.69, 9.17) is 11.6 Å². The molecule has 0 saturated heterocycles. The Bertz CT molecular complexity index is 1090. The van der Waals surface area contributed by atoms with Crippen LogP contribution in [0.25, 0.3) is 10.9 Å². The second-order valence-electron chi connectivity index (χ2n) is 6.00. The van der Waals surface area contributed by atoms with Gasteiger partial charge < -0.3 is 10.6 Å². The highest BCUT2D eigenvalue weighted by Gasteiger charge is 2.10. The molecule has 3 aromatic carbocycles. The number of halogens is 2. The molecule has 0 aliphatic carbocycles. The van der Waals surface area contributed by atoms with Gasteiger partial charge in [0.2, 0.25) is 5.95 Å². The summed E-state index contributed by atoms with van der Waals surface area (Å²) in [5.41, 5.74) is 2.12. The third kappa shape index (κ3) is 3.99. The Kier molecular flexibility index (Phi) is 4.85. The summed E-state index contributed by atoms with van der Waals surface area (Å²) in [5.74, 6) is 0.551. The lowest BCUT2D eigenvalue weighted by atomic mass is 10.2. The third-order valence-corrected chi connectivity index (χ3v) is 4.32. The highest BCUT2D eigenvalue weighted by atomic mass is 35.5. The first-order valence-electron chi connectivity index (χ1n) is 8.46. The van der Waals surface area contributed by atoms with Crippen LogP contribution in [-0.2, 0) is 6.54 Å². The highest BCUT2D eigenvalue weighted by molar-refractivity contribution is 6.30. The van der Waals surface area contributed by atoms with Gasteiger partial charge in [0, 0.05) is 17.0 Å². The molecule has 0 unspecified atom stereocenters. The van der Waals surface area contributed by atoms with Gasteiger partial charge in [-0.05, 0) is 35.9 Å². The standard InChI is InChI=1S/C21H16ClFN4/c22-15-10-11-17(23)19(12-15)26-21-25-18-9-5-4-8-16(18)20(27-21)24-13-14-6-2-1-3-7-14/h1-12H,13H2,(H2,24,25,26,27). The molecule has 1 aromatic heterocycles. The molecule has 0 amide bonds. The molecule has 0 spiro atoms. The Hall–Kier alpha value is -3.18. The minimum absolute atomic E-state index is 0.229. The predicted octanol–water partition coefficient (Wildman–Crippen LogP) is 5.78. The molecular formula is C21H16ClFN4. The van der Waals surface area contributed by atoms with Crippen molar-refractivity contribution in [1.29, 1.82) is 0 Å². The molecule has 134 valence electrons. The van der Waals surface area contributed by atoms with E-state index in [0.717, 1.165) is 16.5 Å². The Morgan fingerprint density at radius 1 is 0.889 bits per heavy atom. The number of fused-ring (bicyclic) bond motifs is 1. The van der Waals surface area contributed by atoms with Gasteiger partial charge in [0.05, 0.1) is 11.2 Å². The molecule has 0 saturated carbocycles. The van der Waals surface area contributed by atoms with E-state index in [0.29, 0.717) is 23.3 Å². The highest BCUT2D eigenvalue weighted by Crippen LogP contribution is 2.26. The molecule has 1 heterocycles. The van der Waals surface area contributed by atoms with Gasteiger partial charge in [0.15, 0.2) is 0 Å². The number of hydrogen-bond donors (Lipinski definition) is 2. The van der Waals surface area contributed by atoms with Gasteiger partial charge in [-0.1, -0.05) is 54.1 Å². The van der Waals surface area contributed by atoms with Crippen LogP contribution in [0.5, 0.6) is 0 Å². The van der Waals surface area contributed by atoms with Crippen LogP contribution in [-0.4, -0.2) is 9.97 Å². The van der Waals surface area contributed by atoms with E-state index in [9.17, 15) is 4.39 Å². The summed E-state index contributed by atoms with van der Waals surface area (Å²) >= 11 is 5.97. The smallest absolute Gasteiger partial charge is 0.229 e. The van der Waals surface area contributed by atoms with Crippen molar-refractivity contribution in [3.63, 3.8) is 0 Å². The van der Waals surface area contributed by atoms with Crippen LogP contribution < -0.4 is 10.6 Å². The number of hydrogen-bond acceptors (Lipinski definition) is 4. The van der Waals surface area contributed by atoms with Crippen LogP contribution >= 0.6 is 11.6 Å². The lowest BCUT2D eigenvalue weighted by Crippen LogP contribution is -2.06. The lowest BCUT2D eigenvalue weighted by Gasteiger charge is -2.12. The molecule has 2 N–H and O–H groups in total. The van der Waals surface area contributed by atoms with Gasteiger partial charge >= 0.3 is 0 Å². The maximum Gasteiger partial charge on any atom is 0.229 e. The topological polar surface area (TPSA) is 49.8 Å². The number of rotatable bonds is 5. The van der Waals surface area contributed by atoms with E-state index in [1.54, 1.807) is 0 Å². The van der Waals surface area contributed by atoms with E-state index in [1.165, 1.54) is 18.2 Å². The van der Waals surface area contributed by atoms with E-state index in [1.807, 2.05) is 54.6 Å². The number of nitrogens with zero attached hydrogens (tertiary/aromatic N) is 2. The van der Waals surface area contributed by atoms with Crippen molar-refractivity contribution in [2.75, 3.05) is 10.6 Å². The Labute approximate surface area is 161 Å². The Balaban J connectivity index is 1.68. The van der Waals surface area contributed by atoms with Gasteiger partial charge in [0.25, 0.3) is 0 Å². The van der Waals surface area contributed by atoms with Crippen LogP contribution in [0, 0.1) is 5.82 Å². The first-order valence-corrected chi connectivity index (χ1v) is 8.83. The van der Waals surface area contributed by atoms with Crippen molar-refractivity contribution in [2.24, 2.45) is 0 Å². The second kappa shape index (κ2) is 7.60. The zero-order valence-electron chi connectivity index (χ0n) is 14.3. The molecule has 0 fully saturated rings. The summed E-state index contributed by atoms with van der Waals surface area (Å²) in [4.78, 5) is 9.02. The number of nitrogens with one attached hydrogen (secondary N) is 2. The van der Waals surface area contributed by atoms with Crippen molar-refractivity contribution in [3.05, 3.63) is 89.2 Å². The first kappa shape index (κ1) is 17.2. The third-order valence-electron chi connectivity index (χ3n) is 4.08. The first-order chi connectivity index (χ1) is 13.2. The zero-order valence-corrected chi connectivity index (χ0v) is 15.0. The Morgan fingerprint density at radius 3 is 2.52 bits per heavy atom. The summed E-state index contributed by atoms with van der Waals surface area (Å²) < 4.78 is 14.0.